The lowest BCUT2D eigenvalue weighted by molar-refractivity contribution is -0.154. The summed E-state index contributed by atoms with van der Waals surface area (Å²) in [7, 11) is 0. The molecule has 1 rings (SSSR count). The van der Waals surface area contributed by atoms with E-state index in [4.69, 9.17) is 5.11 Å². The van der Waals surface area contributed by atoms with E-state index in [1.165, 1.54) is 6.42 Å². The Morgan fingerprint density at radius 3 is 2.00 bits per heavy atom. The van der Waals surface area contributed by atoms with Crippen LogP contribution in [-0.2, 0) is 9.59 Å². The van der Waals surface area contributed by atoms with Gasteiger partial charge < -0.3 is 10.2 Å². The summed E-state index contributed by atoms with van der Waals surface area (Å²) in [6.07, 6.45) is 6.56. The van der Waals surface area contributed by atoms with Crippen molar-refractivity contribution in [1.29, 1.82) is 0 Å². The third kappa shape index (κ3) is 4.02. The second-order valence-electron chi connectivity index (χ2n) is 5.04. The first kappa shape index (κ1) is 14.0. The third-order valence-corrected chi connectivity index (χ3v) is 3.87. The van der Waals surface area contributed by atoms with Crippen LogP contribution in [-0.4, -0.2) is 22.2 Å². The number of rotatable bonds is 6. The van der Waals surface area contributed by atoms with Crippen LogP contribution < -0.4 is 0 Å². The van der Waals surface area contributed by atoms with Gasteiger partial charge in [-0.25, -0.2) is 0 Å². The van der Waals surface area contributed by atoms with Crippen molar-refractivity contribution in [3.05, 3.63) is 0 Å². The molecule has 2 N–H and O–H groups in total. The predicted octanol–water partition coefficient (Wildman–Crippen LogP) is 2.77. The van der Waals surface area contributed by atoms with Crippen LogP contribution in [0.3, 0.4) is 0 Å². The summed E-state index contributed by atoms with van der Waals surface area (Å²) in [6.45, 7) is 1.75. The van der Waals surface area contributed by atoms with Gasteiger partial charge in [-0.1, -0.05) is 39.0 Å². The van der Waals surface area contributed by atoms with Crippen molar-refractivity contribution in [2.24, 2.45) is 17.8 Å². The fourth-order valence-corrected chi connectivity index (χ4v) is 2.85. The molecule has 4 nitrogen and oxygen atoms in total. The van der Waals surface area contributed by atoms with E-state index >= 15 is 0 Å². The van der Waals surface area contributed by atoms with Crippen molar-refractivity contribution < 1.29 is 19.8 Å². The predicted molar refractivity (Wildman–Crippen MR) is 63.7 cm³/mol. The molecule has 2 unspecified atom stereocenters. The lowest BCUT2D eigenvalue weighted by Crippen LogP contribution is -2.31. The quantitative estimate of drug-likeness (QED) is 0.751. The Morgan fingerprint density at radius 2 is 1.59 bits per heavy atom. The van der Waals surface area contributed by atoms with Gasteiger partial charge in [0.25, 0.3) is 0 Å². The number of carbonyl (C=O) groups is 2. The summed E-state index contributed by atoms with van der Waals surface area (Å²) in [5.74, 6) is -2.99. The molecule has 0 aromatic rings. The Balaban J connectivity index is 2.64. The minimum atomic E-state index is -0.976. The Kier molecular flexibility index (Phi) is 5.45. The molecule has 0 amide bonds. The van der Waals surface area contributed by atoms with Crippen molar-refractivity contribution in [2.75, 3.05) is 0 Å². The van der Waals surface area contributed by atoms with E-state index in [0.717, 1.165) is 25.7 Å². The van der Waals surface area contributed by atoms with E-state index in [-0.39, 0.29) is 0 Å². The first-order valence-corrected chi connectivity index (χ1v) is 6.51. The first-order valence-electron chi connectivity index (χ1n) is 6.51. The van der Waals surface area contributed by atoms with Gasteiger partial charge in [-0.15, -0.1) is 0 Å². The number of aliphatic carboxylic acids is 2. The van der Waals surface area contributed by atoms with E-state index < -0.39 is 23.8 Å². The molecular weight excluding hydrogens is 220 g/mol. The summed E-state index contributed by atoms with van der Waals surface area (Å²) in [4.78, 5) is 22.3. The largest absolute Gasteiger partial charge is 0.481 e. The van der Waals surface area contributed by atoms with Crippen molar-refractivity contribution in [1.82, 2.24) is 0 Å². The molecule has 0 aromatic heterocycles. The van der Waals surface area contributed by atoms with Gasteiger partial charge in [-0.2, -0.15) is 0 Å². The maximum Gasteiger partial charge on any atom is 0.307 e. The molecule has 0 spiro atoms. The lowest BCUT2D eigenvalue weighted by atomic mass is 9.77. The smallest absolute Gasteiger partial charge is 0.307 e. The van der Waals surface area contributed by atoms with Crippen molar-refractivity contribution >= 4 is 11.9 Å². The highest BCUT2D eigenvalue weighted by Gasteiger charge is 2.34. The highest BCUT2D eigenvalue weighted by Crippen LogP contribution is 2.32. The lowest BCUT2D eigenvalue weighted by Gasteiger charge is -2.27. The van der Waals surface area contributed by atoms with E-state index in [9.17, 15) is 14.7 Å². The molecule has 1 aliphatic rings. The van der Waals surface area contributed by atoms with Crippen LogP contribution >= 0.6 is 0 Å². The highest BCUT2D eigenvalue weighted by molar-refractivity contribution is 5.79. The fraction of sp³-hybridized carbons (Fsp3) is 0.846. The van der Waals surface area contributed by atoms with Crippen LogP contribution in [0, 0.1) is 17.8 Å². The van der Waals surface area contributed by atoms with Crippen molar-refractivity contribution in [2.45, 2.75) is 51.9 Å². The van der Waals surface area contributed by atoms with Crippen LogP contribution in [0.25, 0.3) is 0 Å². The first-order chi connectivity index (χ1) is 8.06. The minimum Gasteiger partial charge on any atom is -0.481 e. The van der Waals surface area contributed by atoms with Crippen LogP contribution in [0.4, 0.5) is 0 Å². The average Bonchev–Trinajstić information content (AvgIpc) is 2.29. The van der Waals surface area contributed by atoms with E-state index in [1.807, 2.05) is 0 Å². The molecular formula is C13H22O4. The molecule has 17 heavy (non-hydrogen) atoms. The van der Waals surface area contributed by atoms with Gasteiger partial charge in [0.1, 0.15) is 0 Å². The van der Waals surface area contributed by atoms with E-state index in [2.05, 4.69) is 0 Å². The summed E-state index contributed by atoms with van der Waals surface area (Å²) in [5, 5.41) is 18.2. The maximum atomic E-state index is 11.2. The molecule has 1 aliphatic carbocycles. The Bertz CT molecular complexity index is 269. The van der Waals surface area contributed by atoms with Crippen molar-refractivity contribution in [3.63, 3.8) is 0 Å². The van der Waals surface area contributed by atoms with Gasteiger partial charge in [0.15, 0.2) is 0 Å². The average molecular weight is 242 g/mol. The fourth-order valence-electron chi connectivity index (χ4n) is 2.85. The maximum absolute atomic E-state index is 11.2. The summed E-state index contributed by atoms with van der Waals surface area (Å²) in [5.41, 5.74) is 0. The monoisotopic (exact) mass is 242 g/mol. The topological polar surface area (TPSA) is 74.6 Å². The van der Waals surface area contributed by atoms with E-state index in [0.29, 0.717) is 18.8 Å². The molecule has 98 valence electrons. The zero-order valence-corrected chi connectivity index (χ0v) is 10.4. The summed E-state index contributed by atoms with van der Waals surface area (Å²) >= 11 is 0. The van der Waals surface area contributed by atoms with Crippen LogP contribution in [0.15, 0.2) is 0 Å². The standard InChI is InChI=1S/C13H22O4/c1-2-10(12(14)15)11(13(16)17)8-9-6-4-3-5-7-9/h9-11H,2-8H2,1H3,(H,14,15)(H,16,17). The molecule has 2 atom stereocenters. The Morgan fingerprint density at radius 1 is 1.06 bits per heavy atom. The highest BCUT2D eigenvalue weighted by atomic mass is 16.4. The molecule has 4 heteroatoms. The second-order valence-corrected chi connectivity index (χ2v) is 5.04. The SMILES string of the molecule is CCC(C(=O)O)C(CC1CCCCC1)C(=O)O. The van der Waals surface area contributed by atoms with Gasteiger partial charge >= 0.3 is 11.9 Å². The molecule has 0 aliphatic heterocycles. The number of carboxylic acid groups (broad SMARTS) is 2. The number of hydrogen-bond donors (Lipinski definition) is 2. The molecule has 0 bridgehead atoms. The van der Waals surface area contributed by atoms with Crippen LogP contribution in [0.1, 0.15) is 51.9 Å². The molecule has 1 fully saturated rings. The zero-order chi connectivity index (χ0) is 12.8. The Hall–Kier alpha value is -1.06. The van der Waals surface area contributed by atoms with Gasteiger partial charge in [0, 0.05) is 0 Å². The zero-order valence-electron chi connectivity index (χ0n) is 10.4. The van der Waals surface area contributed by atoms with Gasteiger partial charge in [-0.05, 0) is 18.8 Å². The molecule has 0 heterocycles. The number of carboxylic acids is 2. The second kappa shape index (κ2) is 6.62. The number of hydrogen-bond acceptors (Lipinski definition) is 2. The van der Waals surface area contributed by atoms with Crippen molar-refractivity contribution in [3.8, 4) is 0 Å². The van der Waals surface area contributed by atoms with Gasteiger partial charge in [-0.3, -0.25) is 9.59 Å². The Labute approximate surface area is 102 Å². The molecule has 0 aromatic carbocycles. The summed E-state index contributed by atoms with van der Waals surface area (Å²) < 4.78 is 0. The minimum absolute atomic E-state index is 0.388. The van der Waals surface area contributed by atoms with Crippen LogP contribution in [0.5, 0.6) is 0 Å². The van der Waals surface area contributed by atoms with E-state index in [1.54, 1.807) is 6.92 Å². The van der Waals surface area contributed by atoms with Gasteiger partial charge in [0.2, 0.25) is 0 Å². The van der Waals surface area contributed by atoms with Gasteiger partial charge in [0.05, 0.1) is 11.8 Å². The normalized spacial score (nSPS) is 20.8. The third-order valence-electron chi connectivity index (χ3n) is 3.87. The molecule has 0 radical (unpaired) electrons. The summed E-state index contributed by atoms with van der Waals surface area (Å²) in [6, 6.07) is 0. The molecule has 1 saturated carbocycles. The molecule has 0 saturated heterocycles. The van der Waals surface area contributed by atoms with Crippen LogP contribution in [0.2, 0.25) is 0 Å².